The Morgan fingerprint density at radius 2 is 1.71 bits per heavy atom. The van der Waals surface area contributed by atoms with Gasteiger partial charge >= 0.3 is 0 Å². The monoisotopic (exact) mass is 400 g/mol. The van der Waals surface area contributed by atoms with Gasteiger partial charge < -0.3 is 0 Å². The fraction of sp³-hybridized carbons (Fsp3) is 0. The summed E-state index contributed by atoms with van der Waals surface area (Å²) < 4.78 is 65.6. The maximum atomic E-state index is 13.5. The molecule has 21 heavy (non-hydrogen) atoms. The van der Waals surface area contributed by atoms with E-state index in [2.05, 4.69) is 20.9 Å². The van der Waals surface area contributed by atoms with E-state index in [-0.39, 0.29) is 11.2 Å². The predicted octanol–water partition coefficient (Wildman–Crippen LogP) is 3.72. The van der Waals surface area contributed by atoms with Crippen molar-refractivity contribution in [3.63, 3.8) is 0 Å². The minimum Gasteiger partial charge on any atom is -0.276 e. The van der Waals surface area contributed by atoms with Crippen LogP contribution in [-0.4, -0.2) is 13.4 Å². The second kappa shape index (κ2) is 5.82. The molecule has 0 aliphatic carbocycles. The second-order valence-electron chi connectivity index (χ2n) is 3.79. The van der Waals surface area contributed by atoms with Crippen LogP contribution < -0.4 is 4.72 Å². The SMILES string of the molecule is O=S(=O)(Nc1cc(F)c(F)cc1F)c1cc(Br)cnc1Cl. The van der Waals surface area contributed by atoms with E-state index in [9.17, 15) is 21.6 Å². The van der Waals surface area contributed by atoms with Gasteiger partial charge in [-0.25, -0.2) is 26.6 Å². The van der Waals surface area contributed by atoms with Crippen LogP contribution in [0.4, 0.5) is 18.9 Å². The molecule has 0 radical (unpaired) electrons. The van der Waals surface area contributed by atoms with E-state index >= 15 is 0 Å². The first-order valence-electron chi connectivity index (χ1n) is 5.19. The summed E-state index contributed by atoms with van der Waals surface area (Å²) in [5.41, 5.74) is -0.745. The third kappa shape index (κ3) is 3.47. The van der Waals surface area contributed by atoms with Crippen LogP contribution >= 0.6 is 27.5 Å². The smallest absolute Gasteiger partial charge is 0.265 e. The molecule has 1 aromatic carbocycles. The molecule has 0 saturated heterocycles. The van der Waals surface area contributed by atoms with Gasteiger partial charge in [-0.2, -0.15) is 0 Å². The van der Waals surface area contributed by atoms with Crippen molar-refractivity contribution in [2.75, 3.05) is 4.72 Å². The predicted molar refractivity (Wildman–Crippen MR) is 74.1 cm³/mol. The number of pyridine rings is 1. The highest BCUT2D eigenvalue weighted by Crippen LogP contribution is 2.26. The summed E-state index contributed by atoms with van der Waals surface area (Å²) in [5.74, 6) is -4.10. The van der Waals surface area contributed by atoms with Crippen molar-refractivity contribution >= 4 is 43.2 Å². The van der Waals surface area contributed by atoms with E-state index in [1.807, 2.05) is 0 Å². The average molecular weight is 402 g/mol. The standard InChI is InChI=1S/C11H5BrClF3N2O2S/c12-5-1-10(11(13)17-4-5)21(19,20)18-9-3-7(15)6(14)2-8(9)16/h1-4,18H. The molecule has 1 aromatic heterocycles. The van der Waals surface area contributed by atoms with Gasteiger partial charge in [0.2, 0.25) is 0 Å². The molecule has 0 unspecified atom stereocenters. The van der Waals surface area contributed by atoms with Gasteiger partial charge in [0.25, 0.3) is 10.0 Å². The van der Waals surface area contributed by atoms with Crippen molar-refractivity contribution in [3.8, 4) is 0 Å². The number of nitrogens with one attached hydrogen (secondary N) is 1. The van der Waals surface area contributed by atoms with Crippen LogP contribution in [0.15, 0.2) is 33.8 Å². The largest absolute Gasteiger partial charge is 0.276 e. The van der Waals surface area contributed by atoms with Crippen LogP contribution in [0.25, 0.3) is 0 Å². The molecule has 4 nitrogen and oxygen atoms in total. The third-order valence-electron chi connectivity index (χ3n) is 2.32. The number of anilines is 1. The van der Waals surface area contributed by atoms with E-state index in [1.165, 1.54) is 6.20 Å². The van der Waals surface area contributed by atoms with Crippen LogP contribution in [0, 0.1) is 17.5 Å². The first-order valence-corrected chi connectivity index (χ1v) is 7.84. The summed E-state index contributed by atoms with van der Waals surface area (Å²) >= 11 is 8.68. The molecule has 0 aliphatic rings. The van der Waals surface area contributed by atoms with Crippen LogP contribution in [0.3, 0.4) is 0 Å². The Bertz CT molecular complexity index is 817. The summed E-state index contributed by atoms with van der Waals surface area (Å²) in [6.45, 7) is 0. The molecule has 0 saturated carbocycles. The van der Waals surface area contributed by atoms with E-state index in [1.54, 1.807) is 4.72 Å². The maximum Gasteiger partial charge on any atom is 0.265 e. The zero-order valence-corrected chi connectivity index (χ0v) is 13.0. The highest BCUT2D eigenvalue weighted by atomic mass is 79.9. The summed E-state index contributed by atoms with van der Waals surface area (Å²) in [4.78, 5) is 3.17. The van der Waals surface area contributed by atoms with Crippen molar-refractivity contribution in [2.45, 2.75) is 4.90 Å². The normalized spacial score (nSPS) is 11.5. The molecule has 2 aromatic rings. The number of benzene rings is 1. The fourth-order valence-electron chi connectivity index (χ4n) is 1.39. The van der Waals surface area contributed by atoms with E-state index in [0.717, 1.165) is 6.07 Å². The summed E-state index contributed by atoms with van der Waals surface area (Å²) in [6.07, 6.45) is 1.26. The van der Waals surface area contributed by atoms with E-state index < -0.39 is 38.1 Å². The van der Waals surface area contributed by atoms with Crippen LogP contribution in [0.1, 0.15) is 0 Å². The lowest BCUT2D eigenvalue weighted by Crippen LogP contribution is -2.15. The van der Waals surface area contributed by atoms with Gasteiger partial charge in [0.15, 0.2) is 11.6 Å². The van der Waals surface area contributed by atoms with Gasteiger partial charge in [-0.15, -0.1) is 0 Å². The minimum absolute atomic E-state index is 0.230. The Morgan fingerprint density at radius 1 is 1.10 bits per heavy atom. The molecule has 0 amide bonds. The van der Waals surface area contributed by atoms with Gasteiger partial charge in [-0.3, -0.25) is 4.72 Å². The number of hydrogen-bond donors (Lipinski definition) is 1. The Kier molecular flexibility index (Phi) is 4.45. The molecule has 112 valence electrons. The lowest BCUT2D eigenvalue weighted by molar-refractivity contribution is 0.496. The third-order valence-corrected chi connectivity index (χ3v) is 4.54. The summed E-state index contributed by atoms with van der Waals surface area (Å²) in [6, 6.07) is 1.75. The number of nitrogens with zero attached hydrogens (tertiary/aromatic N) is 1. The van der Waals surface area contributed by atoms with Crippen molar-refractivity contribution in [1.29, 1.82) is 0 Å². The van der Waals surface area contributed by atoms with Gasteiger partial charge in [-0.1, -0.05) is 11.6 Å². The Balaban J connectivity index is 2.47. The van der Waals surface area contributed by atoms with Crippen molar-refractivity contribution < 1.29 is 21.6 Å². The summed E-state index contributed by atoms with van der Waals surface area (Å²) in [5, 5.41) is -0.353. The molecule has 0 spiro atoms. The molecule has 1 heterocycles. The van der Waals surface area contributed by atoms with Crippen LogP contribution in [0.5, 0.6) is 0 Å². The van der Waals surface area contributed by atoms with E-state index in [4.69, 9.17) is 11.6 Å². The minimum atomic E-state index is -4.32. The average Bonchev–Trinajstić information content (AvgIpc) is 2.38. The Morgan fingerprint density at radius 3 is 2.38 bits per heavy atom. The molecule has 0 aliphatic heterocycles. The van der Waals surface area contributed by atoms with E-state index in [0.29, 0.717) is 10.5 Å². The molecule has 0 fully saturated rings. The molecule has 10 heteroatoms. The van der Waals surface area contributed by atoms with Crippen LogP contribution in [0.2, 0.25) is 5.15 Å². The highest BCUT2D eigenvalue weighted by Gasteiger charge is 2.22. The zero-order chi connectivity index (χ0) is 15.8. The lowest BCUT2D eigenvalue weighted by Gasteiger charge is -2.10. The molecule has 0 bridgehead atoms. The first-order chi connectivity index (χ1) is 9.70. The molecule has 0 atom stereocenters. The number of rotatable bonds is 3. The quantitative estimate of drug-likeness (QED) is 0.630. The van der Waals surface area contributed by atoms with Gasteiger partial charge in [0, 0.05) is 22.8 Å². The van der Waals surface area contributed by atoms with Crippen molar-refractivity contribution in [1.82, 2.24) is 4.98 Å². The highest BCUT2D eigenvalue weighted by molar-refractivity contribution is 9.10. The maximum absolute atomic E-state index is 13.5. The molecular weight excluding hydrogens is 397 g/mol. The zero-order valence-electron chi connectivity index (χ0n) is 9.87. The van der Waals surface area contributed by atoms with Gasteiger partial charge in [0.05, 0.1) is 5.69 Å². The molecular formula is C11H5BrClF3N2O2S. The fourth-order valence-corrected chi connectivity index (χ4v) is 3.40. The number of sulfonamides is 1. The van der Waals surface area contributed by atoms with Crippen molar-refractivity contribution in [3.05, 3.63) is 51.5 Å². The molecule has 1 N–H and O–H groups in total. The Hall–Kier alpha value is -1.32. The number of aromatic nitrogens is 1. The lowest BCUT2D eigenvalue weighted by atomic mass is 10.3. The number of halogens is 5. The molecule has 2 rings (SSSR count). The summed E-state index contributed by atoms with van der Waals surface area (Å²) in [7, 11) is -4.32. The topological polar surface area (TPSA) is 59.1 Å². The van der Waals surface area contributed by atoms with Gasteiger partial charge in [-0.05, 0) is 22.0 Å². The number of hydrogen-bond acceptors (Lipinski definition) is 3. The second-order valence-corrected chi connectivity index (χ2v) is 6.72. The Labute approximate surface area is 131 Å². The van der Waals surface area contributed by atoms with Gasteiger partial charge in [0.1, 0.15) is 15.9 Å². The first kappa shape index (κ1) is 16.1. The van der Waals surface area contributed by atoms with Crippen molar-refractivity contribution in [2.24, 2.45) is 0 Å². The van der Waals surface area contributed by atoms with Crippen LogP contribution in [-0.2, 0) is 10.0 Å².